The number of aromatic hydroxyl groups is 2. The van der Waals surface area contributed by atoms with Crippen LogP contribution in [0.4, 0.5) is 0 Å². The van der Waals surface area contributed by atoms with E-state index in [1.807, 2.05) is 6.07 Å². The van der Waals surface area contributed by atoms with Crippen molar-refractivity contribution in [2.45, 2.75) is 81.1 Å². The first kappa shape index (κ1) is 26.1. The number of hydrogen-bond donors (Lipinski definition) is 5. The Labute approximate surface area is 226 Å². The van der Waals surface area contributed by atoms with Crippen LogP contribution in [0, 0.1) is 5.92 Å². The van der Waals surface area contributed by atoms with Gasteiger partial charge in [-0.25, -0.2) is 4.79 Å². The molecule has 2 aromatic carbocycles. The fourth-order valence-corrected chi connectivity index (χ4v) is 7.83. The van der Waals surface area contributed by atoms with Crippen LogP contribution < -0.4 is 4.74 Å². The standard InChI is InChI=1S/C21H27NO4.C9H8O4/c23-14-5-4-13-10-16-21(25)7-6-15(24)19-20(21,17(13)18(14)26-19)8-9-22(16)11-12-2-1-3-12;1-5(10)6-3-2-4-7(8(6)11)9(12)13/h4-5,12,15-16,19,23-25H,1-3,6-11H2;2-4,11H,1H3,(H,12,13)/t15-,16+,19-,20-,21+;/m0./s1. The molecule has 2 aromatic rings. The van der Waals surface area contributed by atoms with Crippen LogP contribution in [0.1, 0.15) is 77.3 Å². The topological polar surface area (TPSA) is 148 Å². The molecule has 1 spiro atoms. The Balaban J connectivity index is 0.000000181. The molecule has 5 N–H and O–H groups in total. The highest BCUT2D eigenvalue weighted by Crippen LogP contribution is 2.65. The molecule has 3 aliphatic carbocycles. The van der Waals surface area contributed by atoms with Crippen LogP contribution in [-0.2, 0) is 11.8 Å². The van der Waals surface area contributed by atoms with Crippen LogP contribution in [0.2, 0.25) is 0 Å². The molecule has 7 rings (SSSR count). The average molecular weight is 538 g/mol. The number of Topliss-reactive ketones (excluding diaryl/α,β-unsaturated/α-hetero) is 1. The van der Waals surface area contributed by atoms with Crippen molar-refractivity contribution in [3.63, 3.8) is 0 Å². The Bertz CT molecular complexity index is 1310. The van der Waals surface area contributed by atoms with Crippen molar-refractivity contribution >= 4 is 11.8 Å². The van der Waals surface area contributed by atoms with Gasteiger partial charge < -0.3 is 30.3 Å². The zero-order valence-electron chi connectivity index (χ0n) is 22.0. The first-order valence-electron chi connectivity index (χ1n) is 13.8. The predicted octanol–water partition coefficient (Wildman–Crippen LogP) is 3.00. The molecule has 2 heterocycles. The van der Waals surface area contributed by atoms with Crippen molar-refractivity contribution < 1.29 is 39.9 Å². The molecular weight excluding hydrogens is 502 g/mol. The van der Waals surface area contributed by atoms with Gasteiger partial charge in [0.2, 0.25) is 0 Å². The molecule has 1 saturated heterocycles. The largest absolute Gasteiger partial charge is 0.506 e. The molecule has 0 aromatic heterocycles. The molecule has 2 saturated carbocycles. The zero-order chi connectivity index (χ0) is 27.7. The lowest BCUT2D eigenvalue weighted by atomic mass is 9.48. The van der Waals surface area contributed by atoms with Crippen molar-refractivity contribution in [2.75, 3.05) is 13.1 Å². The summed E-state index contributed by atoms with van der Waals surface area (Å²) in [6.07, 6.45) is 5.68. The van der Waals surface area contributed by atoms with Gasteiger partial charge in [0.05, 0.1) is 22.7 Å². The van der Waals surface area contributed by atoms with Crippen LogP contribution in [-0.4, -0.2) is 79.1 Å². The van der Waals surface area contributed by atoms with Crippen LogP contribution in [0.3, 0.4) is 0 Å². The number of likely N-dealkylation sites (tertiary alicyclic amines) is 1. The Morgan fingerprint density at radius 3 is 2.49 bits per heavy atom. The van der Waals surface area contributed by atoms with E-state index in [1.165, 1.54) is 49.9 Å². The number of aliphatic hydroxyl groups is 2. The lowest BCUT2D eigenvalue weighted by Crippen LogP contribution is -2.77. The maximum Gasteiger partial charge on any atom is 0.339 e. The summed E-state index contributed by atoms with van der Waals surface area (Å²) in [6, 6.07) is 7.83. The highest BCUT2D eigenvalue weighted by Gasteiger charge is 2.72. The number of rotatable bonds is 4. The quantitative estimate of drug-likeness (QED) is 0.371. The SMILES string of the molecule is CC(=O)c1cccc(C(=O)O)c1O.Oc1ccc2c3c1O[C@H]1[C@@H](O)CC[C@@]4(O)[C@@H](C2)N(CC2CCC2)CC[C@]314. The van der Waals surface area contributed by atoms with Gasteiger partial charge >= 0.3 is 5.97 Å². The third-order valence-corrected chi connectivity index (χ3v) is 9.90. The van der Waals surface area contributed by atoms with Crippen LogP contribution in [0.5, 0.6) is 17.2 Å². The van der Waals surface area contributed by atoms with E-state index in [4.69, 9.17) is 9.84 Å². The number of carboxylic acid groups (broad SMARTS) is 1. The lowest BCUT2D eigenvalue weighted by molar-refractivity contribution is -0.209. The van der Waals surface area contributed by atoms with E-state index in [-0.39, 0.29) is 28.7 Å². The number of carbonyl (C=O) groups is 2. The highest BCUT2D eigenvalue weighted by atomic mass is 16.5. The van der Waals surface area contributed by atoms with Crippen molar-refractivity contribution in [3.8, 4) is 17.2 Å². The molecule has 208 valence electrons. The van der Waals surface area contributed by atoms with Crippen molar-refractivity contribution in [1.29, 1.82) is 0 Å². The maximum atomic E-state index is 12.1. The molecule has 2 bridgehead atoms. The van der Waals surface area contributed by atoms with E-state index in [2.05, 4.69) is 4.90 Å². The first-order valence-corrected chi connectivity index (χ1v) is 13.8. The van der Waals surface area contributed by atoms with Gasteiger partial charge in [0.1, 0.15) is 17.4 Å². The number of piperidine rings is 1. The number of ether oxygens (including phenoxy) is 1. The summed E-state index contributed by atoms with van der Waals surface area (Å²) in [5.41, 5.74) is 0.483. The van der Waals surface area contributed by atoms with Gasteiger partial charge in [0, 0.05) is 18.2 Å². The van der Waals surface area contributed by atoms with Gasteiger partial charge in [-0.15, -0.1) is 0 Å². The van der Waals surface area contributed by atoms with Gasteiger partial charge in [-0.1, -0.05) is 18.6 Å². The van der Waals surface area contributed by atoms with E-state index in [9.17, 15) is 30.0 Å². The Morgan fingerprint density at radius 2 is 1.82 bits per heavy atom. The number of aliphatic hydroxyl groups excluding tert-OH is 1. The third-order valence-electron chi connectivity index (χ3n) is 9.90. The molecular formula is C30H35NO8. The number of benzene rings is 2. The molecule has 0 amide bonds. The number of ketones is 1. The van der Waals surface area contributed by atoms with Gasteiger partial charge in [-0.2, -0.15) is 0 Å². The second kappa shape index (κ2) is 9.21. The summed E-state index contributed by atoms with van der Waals surface area (Å²) in [5.74, 6) is -0.659. The number of nitrogens with zero attached hydrogens (tertiary/aromatic N) is 1. The van der Waals surface area contributed by atoms with E-state index in [1.54, 1.807) is 6.07 Å². The zero-order valence-corrected chi connectivity index (χ0v) is 22.0. The van der Waals surface area contributed by atoms with E-state index < -0.39 is 34.9 Å². The minimum atomic E-state index is -1.25. The molecule has 9 nitrogen and oxygen atoms in total. The normalized spacial score (nSPS) is 32.2. The maximum absolute atomic E-state index is 12.1. The number of aromatic carboxylic acids is 1. The van der Waals surface area contributed by atoms with Gasteiger partial charge in [-0.3, -0.25) is 9.69 Å². The fraction of sp³-hybridized carbons (Fsp3) is 0.533. The smallest absolute Gasteiger partial charge is 0.339 e. The molecule has 5 atom stereocenters. The summed E-state index contributed by atoms with van der Waals surface area (Å²) in [6.45, 7) is 3.28. The summed E-state index contributed by atoms with van der Waals surface area (Å²) >= 11 is 0. The first-order chi connectivity index (χ1) is 18.6. The number of phenols is 2. The molecule has 2 aliphatic heterocycles. The van der Waals surface area contributed by atoms with Gasteiger partial charge in [0.15, 0.2) is 17.3 Å². The number of carboxylic acids is 1. The second-order valence-electron chi connectivity index (χ2n) is 11.8. The molecule has 5 aliphatic rings. The molecule has 3 fully saturated rings. The second-order valence-corrected chi connectivity index (χ2v) is 11.8. The van der Waals surface area contributed by atoms with E-state index in [0.29, 0.717) is 18.6 Å². The predicted molar refractivity (Wildman–Crippen MR) is 140 cm³/mol. The van der Waals surface area contributed by atoms with Crippen LogP contribution in [0.25, 0.3) is 0 Å². The average Bonchev–Trinajstić information content (AvgIpc) is 3.22. The monoisotopic (exact) mass is 537 g/mol. The number of carbonyl (C=O) groups excluding carboxylic acids is 1. The van der Waals surface area contributed by atoms with Crippen LogP contribution >= 0.6 is 0 Å². The Kier molecular flexibility index (Phi) is 6.17. The molecule has 9 heteroatoms. The van der Waals surface area contributed by atoms with Crippen molar-refractivity contribution in [1.82, 2.24) is 4.90 Å². The minimum absolute atomic E-state index is 0.0277. The summed E-state index contributed by atoms with van der Waals surface area (Å²) < 4.78 is 6.16. The van der Waals surface area contributed by atoms with Crippen molar-refractivity contribution in [2.24, 2.45) is 5.92 Å². The molecule has 0 unspecified atom stereocenters. The van der Waals surface area contributed by atoms with Crippen LogP contribution in [0.15, 0.2) is 30.3 Å². The fourth-order valence-electron chi connectivity index (χ4n) is 7.83. The minimum Gasteiger partial charge on any atom is -0.506 e. The summed E-state index contributed by atoms with van der Waals surface area (Å²) in [7, 11) is 0. The highest BCUT2D eigenvalue weighted by molar-refractivity contribution is 6.01. The number of hydrogen-bond acceptors (Lipinski definition) is 8. The molecule has 39 heavy (non-hydrogen) atoms. The number of para-hydroxylation sites is 1. The van der Waals surface area contributed by atoms with E-state index >= 15 is 0 Å². The Hall–Kier alpha value is -3.14. The van der Waals surface area contributed by atoms with Crippen molar-refractivity contribution in [3.05, 3.63) is 52.6 Å². The van der Waals surface area contributed by atoms with E-state index in [0.717, 1.165) is 37.4 Å². The number of phenolic OH excluding ortho intramolecular Hbond substituents is 1. The van der Waals surface area contributed by atoms with Gasteiger partial charge in [0.25, 0.3) is 0 Å². The lowest BCUT2D eigenvalue weighted by Gasteiger charge is -2.64. The summed E-state index contributed by atoms with van der Waals surface area (Å²) in [5, 5.41) is 51.1. The third kappa shape index (κ3) is 3.70. The Morgan fingerprint density at radius 1 is 1.08 bits per heavy atom. The summed E-state index contributed by atoms with van der Waals surface area (Å²) in [4.78, 5) is 23.9. The molecule has 0 radical (unpaired) electrons. The van der Waals surface area contributed by atoms with Gasteiger partial charge in [-0.05, 0) is 81.7 Å².